The Morgan fingerprint density at radius 1 is 1.08 bits per heavy atom. The van der Waals surface area contributed by atoms with Gasteiger partial charge in [-0.2, -0.15) is 0 Å². The van der Waals surface area contributed by atoms with Crippen LogP contribution in [0.3, 0.4) is 0 Å². The number of para-hydroxylation sites is 1. The van der Waals surface area contributed by atoms with Gasteiger partial charge in [-0.3, -0.25) is 4.79 Å². The summed E-state index contributed by atoms with van der Waals surface area (Å²) >= 11 is 3.44. The van der Waals surface area contributed by atoms with E-state index in [-0.39, 0.29) is 5.91 Å². The monoisotopic (exact) mass is 397 g/mol. The molecule has 0 bridgehead atoms. The van der Waals surface area contributed by atoms with Crippen LogP contribution in [0.5, 0.6) is 0 Å². The van der Waals surface area contributed by atoms with Crippen molar-refractivity contribution in [2.24, 2.45) is 5.16 Å². The van der Waals surface area contributed by atoms with E-state index in [2.05, 4.69) is 31.7 Å². The molecule has 2 heterocycles. The van der Waals surface area contributed by atoms with Crippen LogP contribution < -0.4 is 10.6 Å². The number of fused-ring (bicyclic) bond motifs is 2. The van der Waals surface area contributed by atoms with Crippen LogP contribution in [0.1, 0.15) is 24.5 Å². The van der Waals surface area contributed by atoms with E-state index in [1.807, 2.05) is 49.4 Å². The quantitative estimate of drug-likeness (QED) is 0.459. The van der Waals surface area contributed by atoms with Crippen molar-refractivity contribution >= 4 is 44.5 Å². The Hall–Kier alpha value is -2.60. The van der Waals surface area contributed by atoms with Gasteiger partial charge < -0.3 is 15.5 Å². The molecule has 0 spiro atoms. The summed E-state index contributed by atoms with van der Waals surface area (Å²) in [5.74, 6) is -0.147. The van der Waals surface area contributed by atoms with Crippen LogP contribution in [0.25, 0.3) is 5.57 Å². The van der Waals surface area contributed by atoms with Gasteiger partial charge in [-0.05, 0) is 24.6 Å². The van der Waals surface area contributed by atoms with Crippen molar-refractivity contribution in [1.29, 1.82) is 0 Å². The Bertz CT molecular complexity index is 934. The molecular weight excluding hydrogens is 382 g/mol. The van der Waals surface area contributed by atoms with Gasteiger partial charge in [0.05, 0.1) is 17.0 Å². The lowest BCUT2D eigenvalue weighted by atomic mass is 10.0. The van der Waals surface area contributed by atoms with Crippen LogP contribution in [0.2, 0.25) is 0 Å². The molecule has 0 unspecified atom stereocenters. The van der Waals surface area contributed by atoms with Crippen molar-refractivity contribution in [1.82, 2.24) is 0 Å². The van der Waals surface area contributed by atoms with E-state index in [4.69, 9.17) is 4.84 Å². The maximum atomic E-state index is 12.6. The van der Waals surface area contributed by atoms with E-state index in [0.717, 1.165) is 33.4 Å². The zero-order valence-electron chi connectivity index (χ0n) is 13.6. The first-order valence-electron chi connectivity index (χ1n) is 8.11. The van der Waals surface area contributed by atoms with Crippen LogP contribution >= 0.6 is 15.9 Å². The minimum Gasteiger partial charge on any atom is -0.395 e. The fourth-order valence-electron chi connectivity index (χ4n) is 3.00. The first-order valence-corrected chi connectivity index (χ1v) is 8.90. The number of carbonyl (C=O) groups excluding carboxylic acids is 1. The Kier molecular flexibility index (Phi) is 4.05. The van der Waals surface area contributed by atoms with E-state index < -0.39 is 0 Å². The highest BCUT2D eigenvalue weighted by Gasteiger charge is 2.34. The Morgan fingerprint density at radius 2 is 1.92 bits per heavy atom. The molecule has 2 aliphatic rings. The van der Waals surface area contributed by atoms with Gasteiger partial charge in [0.15, 0.2) is 0 Å². The molecule has 25 heavy (non-hydrogen) atoms. The summed E-state index contributed by atoms with van der Waals surface area (Å²) in [5.41, 5.74) is 5.40. The number of nitrogens with zero attached hydrogens (tertiary/aromatic N) is 1. The molecule has 0 atom stereocenters. The van der Waals surface area contributed by atoms with E-state index in [9.17, 15) is 4.79 Å². The number of carbonyl (C=O) groups is 1. The van der Waals surface area contributed by atoms with E-state index in [1.165, 1.54) is 0 Å². The van der Waals surface area contributed by atoms with Gasteiger partial charge in [-0.1, -0.05) is 52.3 Å². The Balaban J connectivity index is 1.88. The van der Waals surface area contributed by atoms with Crippen LogP contribution in [-0.4, -0.2) is 18.2 Å². The lowest BCUT2D eigenvalue weighted by Crippen LogP contribution is -2.12. The number of hydrogen-bond donors (Lipinski definition) is 2. The second-order valence-corrected chi connectivity index (χ2v) is 6.75. The average molecular weight is 398 g/mol. The zero-order chi connectivity index (χ0) is 17.4. The first kappa shape index (κ1) is 15.9. The standard InChI is InChI=1S/C19H16BrN3O2/c1-2-9-25-23-17-13-5-3-4-6-14(13)21-18(17)16-12-8-7-11(20)10-15(12)22-19(16)24/h3-8,10,21H,2,9H2,1H3,(H,22,24)/b18-16-,23-17+. The summed E-state index contributed by atoms with van der Waals surface area (Å²) in [5, 5.41) is 10.6. The van der Waals surface area contributed by atoms with Gasteiger partial charge in [-0.15, -0.1) is 0 Å². The van der Waals surface area contributed by atoms with Crippen LogP contribution in [0, 0.1) is 0 Å². The molecule has 0 saturated heterocycles. The van der Waals surface area contributed by atoms with Crippen molar-refractivity contribution in [2.45, 2.75) is 13.3 Å². The van der Waals surface area contributed by atoms with E-state index in [1.54, 1.807) is 0 Å². The molecule has 2 aromatic carbocycles. The Morgan fingerprint density at radius 3 is 2.76 bits per heavy atom. The number of amides is 1. The average Bonchev–Trinajstić information content (AvgIpc) is 3.11. The lowest BCUT2D eigenvalue weighted by Gasteiger charge is -2.06. The molecule has 5 nitrogen and oxygen atoms in total. The highest BCUT2D eigenvalue weighted by Crippen LogP contribution is 2.39. The third kappa shape index (κ3) is 2.72. The second-order valence-electron chi connectivity index (χ2n) is 5.84. The summed E-state index contributed by atoms with van der Waals surface area (Å²) in [4.78, 5) is 18.1. The predicted molar refractivity (Wildman–Crippen MR) is 103 cm³/mol. The SMILES string of the molecule is CCCO/N=C1/C(=C2/C(=O)Nc3cc(Br)ccc32)Nc2ccccc21. The fraction of sp³-hybridized carbons (Fsp3) is 0.158. The third-order valence-electron chi connectivity index (χ3n) is 4.11. The van der Waals surface area contributed by atoms with Gasteiger partial charge in [0, 0.05) is 21.3 Å². The summed E-state index contributed by atoms with van der Waals surface area (Å²) in [6.07, 6.45) is 0.870. The number of nitrogens with one attached hydrogen (secondary N) is 2. The summed E-state index contributed by atoms with van der Waals surface area (Å²) in [6, 6.07) is 13.6. The van der Waals surface area contributed by atoms with Crippen molar-refractivity contribution in [3.8, 4) is 0 Å². The third-order valence-corrected chi connectivity index (χ3v) is 4.60. The first-order chi connectivity index (χ1) is 12.2. The number of rotatable bonds is 3. The molecule has 0 radical (unpaired) electrons. The molecular formula is C19H16BrN3O2. The fourth-order valence-corrected chi connectivity index (χ4v) is 3.36. The van der Waals surface area contributed by atoms with Crippen molar-refractivity contribution in [3.05, 3.63) is 63.8 Å². The molecule has 2 aromatic rings. The highest BCUT2D eigenvalue weighted by molar-refractivity contribution is 9.10. The number of anilines is 2. The number of benzene rings is 2. The summed E-state index contributed by atoms with van der Waals surface area (Å²) in [6.45, 7) is 2.56. The largest absolute Gasteiger partial charge is 0.395 e. The number of allylic oxidation sites excluding steroid dienone is 1. The molecule has 2 N–H and O–H groups in total. The zero-order valence-corrected chi connectivity index (χ0v) is 15.2. The van der Waals surface area contributed by atoms with Gasteiger partial charge in [0.1, 0.15) is 12.3 Å². The minimum atomic E-state index is -0.147. The van der Waals surface area contributed by atoms with Crippen LogP contribution in [0.15, 0.2) is 57.8 Å². The van der Waals surface area contributed by atoms with Gasteiger partial charge in [0.2, 0.25) is 0 Å². The molecule has 1 amide bonds. The smallest absolute Gasteiger partial charge is 0.258 e. The van der Waals surface area contributed by atoms with Gasteiger partial charge >= 0.3 is 0 Å². The second kappa shape index (κ2) is 6.37. The van der Waals surface area contributed by atoms with E-state index >= 15 is 0 Å². The number of oxime groups is 1. The minimum absolute atomic E-state index is 0.147. The van der Waals surface area contributed by atoms with Crippen LogP contribution in [0.4, 0.5) is 11.4 Å². The lowest BCUT2D eigenvalue weighted by molar-refractivity contribution is -0.110. The van der Waals surface area contributed by atoms with Crippen LogP contribution in [-0.2, 0) is 9.63 Å². The normalized spacial score (nSPS) is 19.4. The Labute approximate surface area is 153 Å². The molecule has 0 aromatic heterocycles. The maximum Gasteiger partial charge on any atom is 0.258 e. The number of hydrogen-bond acceptors (Lipinski definition) is 4. The van der Waals surface area contributed by atoms with Crippen molar-refractivity contribution in [2.75, 3.05) is 17.2 Å². The molecule has 2 aliphatic heterocycles. The van der Waals surface area contributed by atoms with Crippen molar-refractivity contribution < 1.29 is 9.63 Å². The molecule has 4 rings (SSSR count). The molecule has 0 fully saturated rings. The number of halogens is 1. The van der Waals surface area contributed by atoms with E-state index in [0.29, 0.717) is 23.6 Å². The summed E-state index contributed by atoms with van der Waals surface area (Å²) in [7, 11) is 0. The maximum absolute atomic E-state index is 12.6. The molecule has 0 aliphatic carbocycles. The molecule has 6 heteroatoms. The molecule has 0 saturated carbocycles. The van der Waals surface area contributed by atoms with Gasteiger partial charge in [-0.25, -0.2) is 0 Å². The summed E-state index contributed by atoms with van der Waals surface area (Å²) < 4.78 is 0.917. The predicted octanol–water partition coefficient (Wildman–Crippen LogP) is 4.37. The van der Waals surface area contributed by atoms with Gasteiger partial charge in [0.25, 0.3) is 5.91 Å². The topological polar surface area (TPSA) is 62.7 Å². The highest BCUT2D eigenvalue weighted by atomic mass is 79.9. The molecule has 126 valence electrons. The van der Waals surface area contributed by atoms with Crippen molar-refractivity contribution in [3.63, 3.8) is 0 Å².